The molecule has 1 saturated carbocycles. The van der Waals surface area contributed by atoms with Crippen LogP contribution in [0.3, 0.4) is 0 Å². The lowest BCUT2D eigenvalue weighted by Crippen LogP contribution is -2.34. The van der Waals surface area contributed by atoms with Crippen LogP contribution in [0.25, 0.3) is 0 Å². The summed E-state index contributed by atoms with van der Waals surface area (Å²) < 4.78 is 29.7. The summed E-state index contributed by atoms with van der Waals surface area (Å²) in [7, 11) is 0. The quantitative estimate of drug-likeness (QED) is 0.0736. The van der Waals surface area contributed by atoms with Crippen LogP contribution in [-0.2, 0) is 62.0 Å². The Bertz CT molecular complexity index is 1550. The number of benzene rings is 1. The van der Waals surface area contributed by atoms with Crippen molar-refractivity contribution in [2.45, 2.75) is 112 Å². The second-order valence-electron chi connectivity index (χ2n) is 14.1. The molecule has 1 aromatic carbocycles. The molecule has 1 aliphatic rings. The van der Waals surface area contributed by atoms with Crippen LogP contribution in [0.5, 0.6) is 0 Å². The van der Waals surface area contributed by atoms with Gasteiger partial charge in [-0.1, -0.05) is 66.5 Å². The molecule has 0 amide bonds. The van der Waals surface area contributed by atoms with Gasteiger partial charge in [0.15, 0.2) is 0 Å². The molecule has 6 unspecified atom stereocenters. The van der Waals surface area contributed by atoms with E-state index in [0.717, 1.165) is 12.8 Å². The monoisotopic (exact) mass is 854 g/mol. The number of rotatable bonds is 22. The molecule has 1 aliphatic carbocycles. The summed E-state index contributed by atoms with van der Waals surface area (Å²) in [5.74, 6) is -7.85. The minimum absolute atomic E-state index is 0.00197. The van der Waals surface area contributed by atoms with Crippen LogP contribution in [0.15, 0.2) is 24.3 Å². The Hall–Kier alpha value is -5.55. The molecule has 60 heavy (non-hydrogen) atoms. The predicted molar refractivity (Wildman–Crippen MR) is 211 cm³/mol. The summed E-state index contributed by atoms with van der Waals surface area (Å²) in [6.07, 6.45) is 3.75. The molecule has 18 nitrogen and oxygen atoms in total. The van der Waals surface area contributed by atoms with Gasteiger partial charge < -0.3 is 43.7 Å². The summed E-state index contributed by atoms with van der Waals surface area (Å²) in [5, 5.41) is 26.5. The number of aromatic carboxylic acids is 1. The Morgan fingerprint density at radius 3 is 1.55 bits per heavy atom. The number of hydrogen-bond acceptors (Lipinski definition) is 15. The Morgan fingerprint density at radius 1 is 0.600 bits per heavy atom. The first-order chi connectivity index (χ1) is 28.3. The molecule has 0 radical (unpaired) electrons. The van der Waals surface area contributed by atoms with Gasteiger partial charge in [0.05, 0.1) is 53.6 Å². The zero-order chi connectivity index (χ0) is 45.8. The van der Waals surface area contributed by atoms with E-state index >= 15 is 0 Å². The van der Waals surface area contributed by atoms with Gasteiger partial charge in [0.1, 0.15) is 39.1 Å². The Morgan fingerprint density at radius 2 is 1.07 bits per heavy atom. The fourth-order valence-electron chi connectivity index (χ4n) is 4.93. The minimum atomic E-state index is -1.20. The number of carbonyl (C=O) groups excluding carboxylic acids is 6. The maximum atomic E-state index is 11.9. The summed E-state index contributed by atoms with van der Waals surface area (Å²) in [6.45, 7) is 12.3. The Labute approximate surface area is 350 Å². The van der Waals surface area contributed by atoms with Crippen LogP contribution in [0, 0.1) is 29.6 Å². The van der Waals surface area contributed by atoms with Crippen molar-refractivity contribution in [3.8, 4) is 0 Å². The van der Waals surface area contributed by atoms with Gasteiger partial charge in [0, 0.05) is 0 Å². The molecule has 18 heteroatoms. The van der Waals surface area contributed by atoms with Crippen molar-refractivity contribution in [2.24, 2.45) is 29.6 Å². The van der Waals surface area contributed by atoms with Crippen LogP contribution in [-0.4, -0.2) is 108 Å². The molecular formula is C42H62O18. The highest BCUT2D eigenvalue weighted by atomic mass is 16.6. The molecule has 1 aromatic rings. The lowest BCUT2D eigenvalue weighted by atomic mass is 9.79. The van der Waals surface area contributed by atoms with Crippen molar-refractivity contribution in [3.05, 3.63) is 35.4 Å². The van der Waals surface area contributed by atoms with Crippen molar-refractivity contribution in [2.75, 3.05) is 33.0 Å². The van der Waals surface area contributed by atoms with Crippen molar-refractivity contribution in [1.82, 2.24) is 0 Å². The van der Waals surface area contributed by atoms with Crippen LogP contribution in [0.1, 0.15) is 127 Å². The normalized spacial score (nSPS) is 16.2. The van der Waals surface area contributed by atoms with Crippen molar-refractivity contribution in [3.63, 3.8) is 0 Å². The summed E-state index contributed by atoms with van der Waals surface area (Å²) >= 11 is 0. The Kier molecular flexibility index (Phi) is 27.7. The topological polar surface area (TPSA) is 270 Å². The van der Waals surface area contributed by atoms with Crippen LogP contribution < -0.4 is 0 Å². The zero-order valence-electron chi connectivity index (χ0n) is 35.6. The smallest absolute Gasteiger partial charge is 0.339 e. The third-order valence-electron chi connectivity index (χ3n) is 9.28. The van der Waals surface area contributed by atoms with Crippen molar-refractivity contribution >= 4 is 53.7 Å². The predicted octanol–water partition coefficient (Wildman–Crippen LogP) is 5.51. The largest absolute Gasteiger partial charge is 0.481 e. The highest BCUT2D eigenvalue weighted by Crippen LogP contribution is 2.31. The van der Waals surface area contributed by atoms with E-state index in [1.807, 2.05) is 20.8 Å². The van der Waals surface area contributed by atoms with Crippen LogP contribution in [0.2, 0.25) is 0 Å². The molecule has 2 rings (SSSR count). The molecular weight excluding hydrogens is 792 g/mol. The number of ether oxygens (including phenoxy) is 6. The Balaban J connectivity index is 0.000000879. The van der Waals surface area contributed by atoms with E-state index in [1.165, 1.54) is 18.2 Å². The van der Waals surface area contributed by atoms with Gasteiger partial charge in [0.2, 0.25) is 0 Å². The zero-order valence-corrected chi connectivity index (χ0v) is 35.6. The van der Waals surface area contributed by atoms with Gasteiger partial charge in [-0.25, -0.2) is 9.59 Å². The van der Waals surface area contributed by atoms with E-state index in [2.05, 4.69) is 4.74 Å². The SMILES string of the molecule is CCC(C)C(=O)OC(C)COC(=O)c1ccccc1C(=O)O.CCC(C)C(=O)OCCOC(=O)C1CCCCC1C(=O)O.CCC(C)C(=O)OCCOC(=O)CCC(=O)O. The van der Waals surface area contributed by atoms with E-state index in [-0.39, 0.29) is 92.7 Å². The van der Waals surface area contributed by atoms with Gasteiger partial charge in [0.25, 0.3) is 0 Å². The average Bonchev–Trinajstić information content (AvgIpc) is 3.24. The summed E-state index contributed by atoms with van der Waals surface area (Å²) in [6, 6.07) is 5.78. The second-order valence-corrected chi connectivity index (χ2v) is 14.1. The van der Waals surface area contributed by atoms with Crippen molar-refractivity contribution < 1.29 is 86.9 Å². The fraction of sp³-hybridized carbons (Fsp3) is 0.643. The molecule has 0 saturated heterocycles. The molecule has 0 aliphatic heterocycles. The minimum Gasteiger partial charge on any atom is -0.481 e. The number of carboxylic acid groups (broad SMARTS) is 3. The van der Waals surface area contributed by atoms with Gasteiger partial charge >= 0.3 is 53.7 Å². The van der Waals surface area contributed by atoms with E-state index in [0.29, 0.717) is 32.1 Å². The molecule has 338 valence electrons. The first-order valence-electron chi connectivity index (χ1n) is 20.1. The van der Waals surface area contributed by atoms with E-state index in [1.54, 1.807) is 33.8 Å². The molecule has 0 bridgehead atoms. The summed E-state index contributed by atoms with van der Waals surface area (Å²) in [4.78, 5) is 101. The van der Waals surface area contributed by atoms with Gasteiger partial charge in [-0.2, -0.15) is 0 Å². The highest BCUT2D eigenvalue weighted by Gasteiger charge is 2.36. The molecule has 3 N–H and O–H groups in total. The number of aliphatic carboxylic acids is 2. The third kappa shape index (κ3) is 22.6. The summed E-state index contributed by atoms with van der Waals surface area (Å²) in [5.41, 5.74) is -0.160. The van der Waals surface area contributed by atoms with E-state index in [9.17, 15) is 43.2 Å². The fourth-order valence-corrected chi connectivity index (χ4v) is 4.93. The lowest BCUT2D eigenvalue weighted by Gasteiger charge is -2.26. The van der Waals surface area contributed by atoms with Gasteiger partial charge in [-0.3, -0.25) is 33.6 Å². The first-order valence-corrected chi connectivity index (χ1v) is 20.1. The molecule has 0 spiro atoms. The van der Waals surface area contributed by atoms with Crippen molar-refractivity contribution in [1.29, 1.82) is 0 Å². The van der Waals surface area contributed by atoms with E-state index in [4.69, 9.17) is 39.0 Å². The van der Waals surface area contributed by atoms with E-state index < -0.39 is 53.8 Å². The van der Waals surface area contributed by atoms with Crippen LogP contribution in [0.4, 0.5) is 0 Å². The third-order valence-corrected chi connectivity index (χ3v) is 9.28. The average molecular weight is 855 g/mol. The number of hydrogen-bond donors (Lipinski definition) is 3. The second kappa shape index (κ2) is 30.5. The molecule has 6 atom stereocenters. The molecule has 0 heterocycles. The number of carboxylic acids is 3. The maximum absolute atomic E-state index is 11.9. The first kappa shape index (κ1) is 54.4. The number of carbonyl (C=O) groups is 9. The number of esters is 6. The highest BCUT2D eigenvalue weighted by molar-refractivity contribution is 6.02. The molecule has 1 fully saturated rings. The molecule has 0 aromatic heterocycles. The maximum Gasteiger partial charge on any atom is 0.339 e. The van der Waals surface area contributed by atoms with Gasteiger partial charge in [-0.05, 0) is 51.2 Å². The lowest BCUT2D eigenvalue weighted by molar-refractivity contribution is -0.163. The van der Waals surface area contributed by atoms with Crippen LogP contribution >= 0.6 is 0 Å². The standard InChI is InChI=1S/C16H20O6.C15H24O6.C11H18O6/c1-4-10(2)15(19)22-11(3)9-21-16(20)13-8-6-5-7-12(13)14(17)18;1-3-10(2)14(18)20-8-9-21-15(19)12-7-5-4-6-11(12)13(16)17;1-3-8(2)11(15)17-7-6-16-10(14)5-4-9(12)13/h5-8,10-11H,4,9H2,1-3H3,(H,17,18);10-12H,3-9H2,1-2H3,(H,16,17);8H,3-7H2,1-2H3,(H,12,13). The van der Waals surface area contributed by atoms with Gasteiger partial charge in [-0.15, -0.1) is 0 Å².